The third kappa shape index (κ3) is 2.09. The second kappa shape index (κ2) is 4.31. The average molecular weight is 240 g/mol. The van der Waals surface area contributed by atoms with Gasteiger partial charge in [-0.1, -0.05) is 0 Å². The van der Waals surface area contributed by atoms with Crippen LogP contribution in [0, 0.1) is 11.6 Å². The van der Waals surface area contributed by atoms with E-state index in [9.17, 15) is 13.6 Å². The Morgan fingerprint density at radius 2 is 1.94 bits per heavy atom. The van der Waals surface area contributed by atoms with Crippen molar-refractivity contribution in [3.8, 4) is 0 Å². The molecule has 0 bridgehead atoms. The summed E-state index contributed by atoms with van der Waals surface area (Å²) in [6.07, 6.45) is 0. The molecule has 1 fully saturated rings. The van der Waals surface area contributed by atoms with Crippen molar-refractivity contribution < 1.29 is 13.6 Å². The van der Waals surface area contributed by atoms with E-state index in [2.05, 4.69) is 0 Å². The second-order valence-corrected chi connectivity index (χ2v) is 4.32. The Bertz CT molecular complexity index is 448. The molecule has 1 aliphatic heterocycles. The van der Waals surface area contributed by atoms with Crippen molar-refractivity contribution in [1.29, 1.82) is 0 Å². The molecule has 0 aliphatic carbocycles. The van der Waals surface area contributed by atoms with Crippen LogP contribution in [0.4, 0.5) is 19.3 Å². The van der Waals surface area contributed by atoms with Gasteiger partial charge in [0.25, 0.3) is 0 Å². The van der Waals surface area contributed by atoms with Crippen LogP contribution >= 0.6 is 0 Å². The number of carbonyl (C=O) groups is 1. The third-order valence-corrected chi connectivity index (χ3v) is 2.86. The van der Waals surface area contributed by atoms with Gasteiger partial charge >= 0.3 is 6.03 Å². The molecule has 2 rings (SSSR count). The van der Waals surface area contributed by atoms with Gasteiger partial charge in [-0.15, -0.1) is 0 Å². The van der Waals surface area contributed by atoms with Gasteiger partial charge in [-0.05, 0) is 26.0 Å². The molecule has 0 aromatic heterocycles. The molecular weight excluding hydrogens is 226 g/mol. The van der Waals surface area contributed by atoms with Gasteiger partial charge in [-0.25, -0.2) is 13.6 Å². The highest BCUT2D eigenvalue weighted by Crippen LogP contribution is 2.25. The molecule has 92 valence electrons. The van der Waals surface area contributed by atoms with Crippen LogP contribution in [-0.4, -0.2) is 30.1 Å². The van der Waals surface area contributed by atoms with Crippen LogP contribution < -0.4 is 4.90 Å². The summed E-state index contributed by atoms with van der Waals surface area (Å²) in [7, 11) is 0. The lowest BCUT2D eigenvalue weighted by molar-refractivity contribution is 0.209. The minimum absolute atomic E-state index is 0.0796. The van der Waals surface area contributed by atoms with Gasteiger partial charge in [-0.2, -0.15) is 0 Å². The number of halogens is 2. The first-order valence-corrected chi connectivity index (χ1v) is 5.54. The van der Waals surface area contributed by atoms with E-state index in [1.807, 2.05) is 13.8 Å². The van der Waals surface area contributed by atoms with Crippen LogP contribution in [0.2, 0.25) is 0 Å². The molecule has 0 atom stereocenters. The minimum atomic E-state index is -0.705. The van der Waals surface area contributed by atoms with Gasteiger partial charge in [0, 0.05) is 25.2 Å². The molecule has 0 saturated carbocycles. The first-order valence-electron chi connectivity index (χ1n) is 5.54. The van der Waals surface area contributed by atoms with E-state index in [0.717, 1.165) is 12.1 Å². The van der Waals surface area contributed by atoms with Crippen LogP contribution in [0.5, 0.6) is 0 Å². The number of rotatable bonds is 2. The van der Waals surface area contributed by atoms with Gasteiger partial charge < -0.3 is 4.90 Å². The standard InChI is InChI=1S/C12H14F2N2O/c1-8(2)15-5-6-16(12(15)17)11-4-3-9(13)7-10(11)14/h3-4,7-8H,5-6H2,1-2H3. The lowest BCUT2D eigenvalue weighted by Crippen LogP contribution is -2.36. The normalized spacial score (nSPS) is 16.2. The number of benzene rings is 1. The molecule has 1 aliphatic rings. The molecule has 0 unspecified atom stereocenters. The Morgan fingerprint density at radius 1 is 1.24 bits per heavy atom. The molecular formula is C12H14F2N2O. The summed E-state index contributed by atoms with van der Waals surface area (Å²) in [6, 6.07) is 3.10. The number of hydrogen-bond donors (Lipinski definition) is 0. The molecule has 0 spiro atoms. The smallest absolute Gasteiger partial charge is 0.320 e. The maximum absolute atomic E-state index is 13.6. The number of amides is 2. The van der Waals surface area contributed by atoms with Crippen LogP contribution in [0.25, 0.3) is 0 Å². The van der Waals surface area contributed by atoms with E-state index in [1.165, 1.54) is 11.0 Å². The summed E-state index contributed by atoms with van der Waals surface area (Å²) >= 11 is 0. The second-order valence-electron chi connectivity index (χ2n) is 4.32. The van der Waals surface area contributed by atoms with E-state index < -0.39 is 11.6 Å². The summed E-state index contributed by atoms with van der Waals surface area (Å²) in [5.74, 6) is -1.34. The molecule has 0 radical (unpaired) electrons. The predicted molar refractivity (Wildman–Crippen MR) is 60.9 cm³/mol. The molecule has 1 aromatic rings. The fourth-order valence-electron chi connectivity index (χ4n) is 1.96. The van der Waals surface area contributed by atoms with E-state index in [1.54, 1.807) is 4.90 Å². The Morgan fingerprint density at radius 3 is 2.47 bits per heavy atom. The monoisotopic (exact) mass is 240 g/mol. The van der Waals surface area contributed by atoms with Crippen molar-refractivity contribution >= 4 is 11.7 Å². The van der Waals surface area contributed by atoms with Crippen LogP contribution in [0.15, 0.2) is 18.2 Å². The highest BCUT2D eigenvalue weighted by atomic mass is 19.1. The molecule has 5 heteroatoms. The quantitative estimate of drug-likeness (QED) is 0.779. The number of nitrogens with zero attached hydrogens (tertiary/aromatic N) is 2. The molecule has 0 N–H and O–H groups in total. The zero-order valence-corrected chi connectivity index (χ0v) is 9.78. The van der Waals surface area contributed by atoms with Crippen molar-refractivity contribution in [2.24, 2.45) is 0 Å². The summed E-state index contributed by atoms with van der Waals surface area (Å²) in [6.45, 7) is 4.80. The fraction of sp³-hybridized carbons (Fsp3) is 0.417. The lowest BCUT2D eigenvalue weighted by atomic mass is 10.2. The van der Waals surface area contributed by atoms with Crippen LogP contribution in [0.3, 0.4) is 0 Å². The van der Waals surface area contributed by atoms with Gasteiger partial charge in [0.15, 0.2) is 0 Å². The van der Waals surface area contributed by atoms with Crippen molar-refractivity contribution in [1.82, 2.24) is 4.90 Å². The number of anilines is 1. The lowest BCUT2D eigenvalue weighted by Gasteiger charge is -2.21. The first kappa shape index (κ1) is 11.8. The van der Waals surface area contributed by atoms with Crippen molar-refractivity contribution in [2.45, 2.75) is 19.9 Å². The maximum Gasteiger partial charge on any atom is 0.324 e. The highest BCUT2D eigenvalue weighted by Gasteiger charge is 2.32. The molecule has 17 heavy (non-hydrogen) atoms. The van der Waals surface area contributed by atoms with Gasteiger partial charge in [0.05, 0.1) is 5.69 Å². The highest BCUT2D eigenvalue weighted by molar-refractivity contribution is 5.94. The summed E-state index contributed by atoms with van der Waals surface area (Å²) in [4.78, 5) is 15.0. The zero-order valence-electron chi connectivity index (χ0n) is 9.78. The predicted octanol–water partition coefficient (Wildman–Crippen LogP) is 2.62. The summed E-state index contributed by atoms with van der Waals surface area (Å²) in [5.41, 5.74) is 0.138. The van der Waals surface area contributed by atoms with E-state index in [0.29, 0.717) is 13.1 Å². The average Bonchev–Trinajstić information content (AvgIpc) is 2.60. The first-order chi connectivity index (χ1) is 8.00. The van der Waals surface area contributed by atoms with E-state index in [-0.39, 0.29) is 17.8 Å². The van der Waals surface area contributed by atoms with E-state index in [4.69, 9.17) is 0 Å². The number of hydrogen-bond acceptors (Lipinski definition) is 1. The Kier molecular flexibility index (Phi) is 3.00. The zero-order chi connectivity index (χ0) is 12.6. The summed E-state index contributed by atoms with van der Waals surface area (Å²) in [5, 5.41) is 0. The molecule has 2 amide bonds. The number of urea groups is 1. The van der Waals surface area contributed by atoms with E-state index >= 15 is 0 Å². The van der Waals surface area contributed by atoms with Crippen molar-refractivity contribution in [2.75, 3.05) is 18.0 Å². The Labute approximate surface area is 98.6 Å². The molecule has 1 aromatic carbocycles. The fourth-order valence-corrected chi connectivity index (χ4v) is 1.96. The Hall–Kier alpha value is -1.65. The largest absolute Gasteiger partial charge is 0.324 e. The van der Waals surface area contributed by atoms with Crippen molar-refractivity contribution in [3.63, 3.8) is 0 Å². The number of carbonyl (C=O) groups excluding carboxylic acids is 1. The molecule has 3 nitrogen and oxygen atoms in total. The molecule has 1 saturated heterocycles. The minimum Gasteiger partial charge on any atom is -0.320 e. The summed E-state index contributed by atoms with van der Waals surface area (Å²) < 4.78 is 26.3. The van der Waals surface area contributed by atoms with Gasteiger partial charge in [0.1, 0.15) is 11.6 Å². The van der Waals surface area contributed by atoms with Crippen molar-refractivity contribution in [3.05, 3.63) is 29.8 Å². The van der Waals surface area contributed by atoms with Crippen LogP contribution in [0.1, 0.15) is 13.8 Å². The maximum atomic E-state index is 13.6. The van der Waals surface area contributed by atoms with Gasteiger partial charge in [0.2, 0.25) is 0 Å². The van der Waals surface area contributed by atoms with Gasteiger partial charge in [-0.3, -0.25) is 4.90 Å². The SMILES string of the molecule is CC(C)N1CCN(c2ccc(F)cc2F)C1=O. The Balaban J connectivity index is 2.27. The van der Waals surface area contributed by atoms with Crippen LogP contribution in [-0.2, 0) is 0 Å². The molecule has 1 heterocycles. The topological polar surface area (TPSA) is 23.6 Å². The third-order valence-electron chi connectivity index (χ3n) is 2.86.